The predicted octanol–water partition coefficient (Wildman–Crippen LogP) is 3.01. The molecule has 0 aromatic rings. The highest BCUT2D eigenvalue weighted by Crippen LogP contribution is 2.15. The van der Waals surface area contributed by atoms with Gasteiger partial charge in [0.15, 0.2) is 0 Å². The van der Waals surface area contributed by atoms with Crippen LogP contribution in [0, 0.1) is 5.41 Å². The van der Waals surface area contributed by atoms with Crippen molar-refractivity contribution in [3.63, 3.8) is 0 Å². The number of rotatable bonds is 4. The fraction of sp³-hybridized carbons (Fsp3) is 0.833. The van der Waals surface area contributed by atoms with Gasteiger partial charge >= 0.3 is 5.84 Å². The summed E-state index contributed by atoms with van der Waals surface area (Å²) in [6, 6.07) is 0. The highest BCUT2D eigenvalue weighted by atomic mass is 19.6. The minimum atomic E-state index is -3.82. The molecule has 0 saturated carbocycles. The molecule has 0 aromatic carbocycles. The molecule has 0 amide bonds. The maximum Gasteiger partial charge on any atom is 0.321 e. The van der Waals surface area contributed by atoms with Crippen molar-refractivity contribution in [2.24, 2.45) is 0 Å². The van der Waals surface area contributed by atoms with Crippen LogP contribution in [0.5, 0.6) is 0 Å². The lowest BCUT2D eigenvalue weighted by Crippen LogP contribution is -2.26. The molecule has 0 saturated heterocycles. The van der Waals surface area contributed by atoms with Crippen LogP contribution in [0.3, 0.4) is 0 Å². The number of amidine groups is 1. The van der Waals surface area contributed by atoms with E-state index in [0.717, 1.165) is 12.8 Å². The molecule has 66 valence electrons. The minimum Gasteiger partial charge on any atom is -0.245 e. The van der Waals surface area contributed by atoms with Gasteiger partial charge in [0.2, 0.25) is 0 Å². The highest BCUT2D eigenvalue weighted by Gasteiger charge is 2.38. The largest absolute Gasteiger partial charge is 0.321 e. The lowest BCUT2D eigenvalue weighted by atomic mass is 10.2. The number of quaternary nitrogens is 1. The van der Waals surface area contributed by atoms with Crippen LogP contribution in [0.25, 0.3) is 0 Å². The summed E-state index contributed by atoms with van der Waals surface area (Å²) in [5.74, 6) is -1.17. The predicted molar refractivity (Wildman–Crippen MR) is 35.5 cm³/mol. The topological polar surface area (TPSA) is 23.9 Å². The lowest BCUT2D eigenvalue weighted by molar-refractivity contribution is -1.21. The van der Waals surface area contributed by atoms with Crippen molar-refractivity contribution >= 4 is 5.84 Å². The molecular formula is C6H12F3N2+. The molecule has 5 heteroatoms. The number of halogens is 3. The van der Waals surface area contributed by atoms with Gasteiger partial charge in [0.25, 0.3) is 5.15 Å². The van der Waals surface area contributed by atoms with Gasteiger partial charge in [-0.05, 0) is 6.42 Å². The minimum absolute atomic E-state index is 0.169. The van der Waals surface area contributed by atoms with E-state index in [1.165, 1.54) is 0 Å². The second-order valence-electron chi connectivity index (χ2n) is 2.35. The van der Waals surface area contributed by atoms with Gasteiger partial charge < -0.3 is 0 Å². The van der Waals surface area contributed by atoms with E-state index in [1.54, 1.807) is 0 Å². The van der Waals surface area contributed by atoms with E-state index in [0.29, 0.717) is 6.42 Å². The van der Waals surface area contributed by atoms with Crippen LogP contribution in [-0.2, 0) is 0 Å². The fourth-order valence-corrected chi connectivity index (χ4v) is 0.669. The van der Waals surface area contributed by atoms with Crippen LogP contribution in [0.1, 0.15) is 32.6 Å². The molecular weight excluding hydrogens is 157 g/mol. The van der Waals surface area contributed by atoms with E-state index >= 15 is 0 Å². The normalized spacial score (nSPS) is 11.6. The van der Waals surface area contributed by atoms with Gasteiger partial charge in [-0.2, -0.15) is 0 Å². The Morgan fingerprint density at radius 2 is 1.82 bits per heavy atom. The lowest BCUT2D eigenvalue weighted by Gasteiger charge is -1.99. The standard InChI is InChI=1S/C6H12F3N2/c1-2-3-4-5-6(10)11(7,8)9/h10H,2-5H2,1H3/q+1. The van der Waals surface area contributed by atoms with Crippen LogP contribution in [0.4, 0.5) is 13.4 Å². The maximum absolute atomic E-state index is 11.6. The van der Waals surface area contributed by atoms with Crippen LogP contribution in [0.2, 0.25) is 0 Å². The number of nitrogens with one attached hydrogen (secondary N) is 1. The fourth-order valence-electron chi connectivity index (χ4n) is 0.669. The molecule has 0 fully saturated rings. The molecule has 1 N–H and O–H groups in total. The van der Waals surface area contributed by atoms with E-state index < -0.39 is 11.0 Å². The SMILES string of the molecule is CCCCCC(=N)[N+](F)(F)F. The van der Waals surface area contributed by atoms with Crippen LogP contribution in [0.15, 0.2) is 0 Å². The zero-order chi connectivity index (χ0) is 8.91. The first-order valence-electron chi connectivity index (χ1n) is 3.54. The third-order valence-electron chi connectivity index (χ3n) is 1.32. The Kier molecular flexibility index (Phi) is 4.10. The van der Waals surface area contributed by atoms with Crippen molar-refractivity contribution in [2.75, 3.05) is 0 Å². The van der Waals surface area contributed by atoms with Gasteiger partial charge in [0.05, 0.1) is 19.9 Å². The number of hydrogen-bond donors (Lipinski definition) is 1. The molecule has 0 radical (unpaired) electrons. The van der Waals surface area contributed by atoms with Crippen molar-refractivity contribution in [1.82, 2.24) is 0 Å². The Labute approximate surface area is 63.5 Å². The van der Waals surface area contributed by atoms with Crippen LogP contribution in [-0.4, -0.2) is 11.0 Å². The van der Waals surface area contributed by atoms with E-state index in [-0.39, 0.29) is 6.42 Å². The average molecular weight is 169 g/mol. The van der Waals surface area contributed by atoms with Crippen molar-refractivity contribution in [3.8, 4) is 0 Å². The molecule has 0 aliphatic rings. The van der Waals surface area contributed by atoms with E-state index in [1.807, 2.05) is 6.92 Å². The second-order valence-corrected chi connectivity index (χ2v) is 2.35. The quantitative estimate of drug-likeness (QED) is 0.289. The third kappa shape index (κ3) is 4.78. The smallest absolute Gasteiger partial charge is 0.245 e. The van der Waals surface area contributed by atoms with Gasteiger partial charge in [-0.15, -0.1) is 0 Å². The van der Waals surface area contributed by atoms with Crippen molar-refractivity contribution in [1.29, 1.82) is 5.41 Å². The first-order valence-corrected chi connectivity index (χ1v) is 3.54. The molecule has 0 unspecified atom stereocenters. The molecule has 0 atom stereocenters. The van der Waals surface area contributed by atoms with Gasteiger partial charge in [0.1, 0.15) is 0 Å². The number of unbranched alkanes of at least 4 members (excludes halogenated alkanes) is 2. The van der Waals surface area contributed by atoms with Gasteiger partial charge in [-0.3, -0.25) is 0 Å². The molecule has 0 aromatic heterocycles. The van der Waals surface area contributed by atoms with E-state index in [9.17, 15) is 13.4 Å². The van der Waals surface area contributed by atoms with E-state index in [4.69, 9.17) is 5.41 Å². The third-order valence-corrected chi connectivity index (χ3v) is 1.32. The Morgan fingerprint density at radius 3 is 2.18 bits per heavy atom. The molecule has 0 bridgehead atoms. The van der Waals surface area contributed by atoms with Crippen molar-refractivity contribution < 1.29 is 18.6 Å². The molecule has 0 heterocycles. The van der Waals surface area contributed by atoms with Crippen LogP contribution >= 0.6 is 0 Å². The summed E-state index contributed by atoms with van der Waals surface area (Å²) in [5, 5.41) is 2.75. The van der Waals surface area contributed by atoms with E-state index in [2.05, 4.69) is 0 Å². The molecule has 0 spiro atoms. The average Bonchev–Trinajstić information content (AvgIpc) is 1.86. The van der Waals surface area contributed by atoms with Gasteiger partial charge in [-0.1, -0.05) is 19.8 Å². The zero-order valence-electron chi connectivity index (χ0n) is 6.41. The molecule has 0 aliphatic heterocycles. The Bertz CT molecular complexity index is 130. The summed E-state index contributed by atoms with van der Waals surface area (Å²) < 4.78 is 34.8. The monoisotopic (exact) mass is 169 g/mol. The molecule has 2 nitrogen and oxygen atoms in total. The summed E-state index contributed by atoms with van der Waals surface area (Å²) in [7, 11) is 0. The number of nitrogens with zero attached hydrogens (tertiary/aromatic N) is 1. The Morgan fingerprint density at radius 1 is 1.27 bits per heavy atom. The molecule has 0 rings (SSSR count). The van der Waals surface area contributed by atoms with Crippen molar-refractivity contribution in [2.45, 2.75) is 32.6 Å². The van der Waals surface area contributed by atoms with Gasteiger partial charge in [0, 0.05) is 0 Å². The van der Waals surface area contributed by atoms with Gasteiger partial charge in [-0.25, -0.2) is 5.41 Å². The zero-order valence-corrected chi connectivity index (χ0v) is 6.41. The summed E-state index contributed by atoms with van der Waals surface area (Å²) in [5.41, 5.74) is 0. The highest BCUT2D eigenvalue weighted by molar-refractivity contribution is 5.70. The molecule has 11 heavy (non-hydrogen) atoms. The maximum atomic E-state index is 11.6. The molecule has 0 aliphatic carbocycles. The Hall–Kier alpha value is -0.580. The number of hydrogen-bond acceptors (Lipinski definition) is 1. The first kappa shape index (κ1) is 10.4. The first-order chi connectivity index (χ1) is 4.98. The Balaban J connectivity index is 3.54. The summed E-state index contributed by atoms with van der Waals surface area (Å²) in [6.45, 7) is 1.91. The second kappa shape index (κ2) is 4.33. The summed E-state index contributed by atoms with van der Waals surface area (Å²) in [4.78, 5) is 0. The summed E-state index contributed by atoms with van der Waals surface area (Å²) in [6.07, 6.45) is 1.91. The van der Waals surface area contributed by atoms with Crippen molar-refractivity contribution in [3.05, 3.63) is 0 Å². The summed E-state index contributed by atoms with van der Waals surface area (Å²) >= 11 is 0. The van der Waals surface area contributed by atoms with Crippen LogP contribution < -0.4 is 0 Å².